The summed E-state index contributed by atoms with van der Waals surface area (Å²) >= 11 is 3.29. The summed E-state index contributed by atoms with van der Waals surface area (Å²) in [5, 5.41) is 2.75. The van der Waals surface area contributed by atoms with Gasteiger partial charge in [-0.25, -0.2) is 4.79 Å². The molecule has 0 aromatic heterocycles. The van der Waals surface area contributed by atoms with Gasteiger partial charge < -0.3 is 15.0 Å². The minimum atomic E-state index is -0.534. The van der Waals surface area contributed by atoms with Crippen LogP contribution in [0.1, 0.15) is 29.6 Å². The minimum absolute atomic E-state index is 0.325. The Balaban J connectivity index is 1.50. The number of hydrogen-bond donors (Lipinski definition) is 1. The largest absolute Gasteiger partial charge is 0.452 e. The molecule has 0 atom stereocenters. The van der Waals surface area contributed by atoms with Crippen LogP contribution in [-0.4, -0.2) is 31.6 Å². The first-order chi connectivity index (χ1) is 12.6. The Morgan fingerprint density at radius 2 is 1.69 bits per heavy atom. The maximum atomic E-state index is 12.0. The normalized spacial score (nSPS) is 14.0. The molecule has 1 saturated heterocycles. The zero-order valence-corrected chi connectivity index (χ0v) is 16.0. The number of ether oxygens (including phenoxy) is 1. The topological polar surface area (TPSA) is 58.6 Å². The number of carbonyl (C=O) groups excluding carboxylic acids is 2. The highest BCUT2D eigenvalue weighted by atomic mass is 79.9. The van der Waals surface area contributed by atoms with Gasteiger partial charge in [-0.2, -0.15) is 0 Å². The molecule has 0 saturated carbocycles. The van der Waals surface area contributed by atoms with Crippen LogP contribution in [-0.2, 0) is 9.53 Å². The van der Waals surface area contributed by atoms with Crippen molar-refractivity contribution in [3.8, 4) is 0 Å². The number of amides is 1. The summed E-state index contributed by atoms with van der Waals surface area (Å²) in [6, 6.07) is 14.7. The number of nitrogens with one attached hydrogen (secondary N) is 1. The molecule has 0 bridgehead atoms. The van der Waals surface area contributed by atoms with Crippen molar-refractivity contribution in [2.24, 2.45) is 0 Å². The average molecular weight is 417 g/mol. The van der Waals surface area contributed by atoms with Gasteiger partial charge in [0.25, 0.3) is 5.91 Å². The highest BCUT2D eigenvalue weighted by molar-refractivity contribution is 9.10. The third-order valence-electron chi connectivity index (χ3n) is 4.30. The third kappa shape index (κ3) is 4.85. The number of rotatable bonds is 5. The van der Waals surface area contributed by atoms with Crippen molar-refractivity contribution in [1.82, 2.24) is 0 Å². The minimum Gasteiger partial charge on any atom is -0.452 e. The Morgan fingerprint density at radius 1 is 1.00 bits per heavy atom. The Morgan fingerprint density at radius 3 is 2.38 bits per heavy atom. The number of esters is 1. The van der Waals surface area contributed by atoms with E-state index in [-0.39, 0.29) is 12.5 Å². The molecule has 1 N–H and O–H groups in total. The van der Waals surface area contributed by atoms with Crippen LogP contribution in [0.2, 0.25) is 0 Å². The lowest BCUT2D eigenvalue weighted by atomic mass is 10.1. The molecule has 1 heterocycles. The lowest BCUT2D eigenvalue weighted by Crippen LogP contribution is -2.29. The van der Waals surface area contributed by atoms with Gasteiger partial charge in [-0.3, -0.25) is 4.79 Å². The molecule has 0 spiro atoms. The van der Waals surface area contributed by atoms with Gasteiger partial charge in [0.05, 0.1) is 5.56 Å². The molecule has 26 heavy (non-hydrogen) atoms. The second-order valence-electron chi connectivity index (χ2n) is 6.20. The number of benzene rings is 2. The van der Waals surface area contributed by atoms with Crippen LogP contribution in [0.4, 0.5) is 11.4 Å². The quantitative estimate of drug-likeness (QED) is 0.740. The van der Waals surface area contributed by atoms with Crippen LogP contribution >= 0.6 is 15.9 Å². The molecule has 6 heteroatoms. The summed E-state index contributed by atoms with van der Waals surface area (Å²) < 4.78 is 5.71. The van der Waals surface area contributed by atoms with Crippen LogP contribution in [0.25, 0.3) is 0 Å². The first-order valence-electron chi connectivity index (χ1n) is 8.70. The van der Waals surface area contributed by atoms with E-state index in [0.717, 1.165) is 13.1 Å². The molecule has 2 aromatic rings. The van der Waals surface area contributed by atoms with Gasteiger partial charge in [0.2, 0.25) is 0 Å². The van der Waals surface area contributed by atoms with Crippen LogP contribution in [0.3, 0.4) is 0 Å². The SMILES string of the molecule is O=C(COC(=O)c1ccccc1Br)Nc1ccc(N2CCCCC2)cc1. The first-order valence-corrected chi connectivity index (χ1v) is 9.49. The van der Waals surface area contributed by atoms with E-state index in [0.29, 0.717) is 15.7 Å². The summed E-state index contributed by atoms with van der Waals surface area (Å²) in [4.78, 5) is 26.4. The van der Waals surface area contributed by atoms with Gasteiger partial charge >= 0.3 is 5.97 Å². The van der Waals surface area contributed by atoms with E-state index < -0.39 is 5.97 Å². The lowest BCUT2D eigenvalue weighted by molar-refractivity contribution is -0.119. The van der Waals surface area contributed by atoms with E-state index in [1.807, 2.05) is 24.3 Å². The standard InChI is InChI=1S/C20H21BrN2O3/c21-18-7-3-2-6-17(18)20(25)26-14-19(24)22-15-8-10-16(11-9-15)23-12-4-1-5-13-23/h2-3,6-11H,1,4-5,12-14H2,(H,22,24). The molecule has 1 aliphatic heterocycles. The fraction of sp³-hybridized carbons (Fsp3) is 0.300. The third-order valence-corrected chi connectivity index (χ3v) is 4.99. The number of carbonyl (C=O) groups is 2. The first kappa shape index (κ1) is 18.5. The van der Waals surface area contributed by atoms with Crippen molar-refractivity contribution < 1.29 is 14.3 Å². The fourth-order valence-corrected chi connectivity index (χ4v) is 3.39. The average Bonchev–Trinajstić information content (AvgIpc) is 2.68. The second kappa shape index (κ2) is 8.85. The molecule has 0 aliphatic carbocycles. The van der Waals surface area contributed by atoms with Crippen molar-refractivity contribution in [3.05, 3.63) is 58.6 Å². The predicted octanol–water partition coefficient (Wildman–Crippen LogP) is 4.23. The fourth-order valence-electron chi connectivity index (χ4n) is 2.94. The van der Waals surface area contributed by atoms with Gasteiger partial charge in [-0.1, -0.05) is 12.1 Å². The molecule has 0 radical (unpaired) electrons. The summed E-state index contributed by atoms with van der Waals surface area (Å²) in [5.41, 5.74) is 2.25. The summed E-state index contributed by atoms with van der Waals surface area (Å²) in [6.07, 6.45) is 3.74. The van der Waals surface area contributed by atoms with E-state index in [9.17, 15) is 9.59 Å². The molecular weight excluding hydrogens is 396 g/mol. The molecule has 0 unspecified atom stereocenters. The number of anilines is 2. The zero-order valence-electron chi connectivity index (χ0n) is 14.4. The van der Waals surface area contributed by atoms with Gasteiger partial charge in [0.15, 0.2) is 6.61 Å². The van der Waals surface area contributed by atoms with E-state index >= 15 is 0 Å². The van der Waals surface area contributed by atoms with Crippen LogP contribution in [0, 0.1) is 0 Å². The Kier molecular flexibility index (Phi) is 6.28. The van der Waals surface area contributed by atoms with Crippen molar-refractivity contribution >= 4 is 39.2 Å². The van der Waals surface area contributed by atoms with Crippen molar-refractivity contribution in [3.63, 3.8) is 0 Å². The van der Waals surface area contributed by atoms with Gasteiger partial charge in [0.1, 0.15) is 0 Å². The smallest absolute Gasteiger partial charge is 0.339 e. The molecular formula is C20H21BrN2O3. The molecule has 3 rings (SSSR count). The van der Waals surface area contributed by atoms with Crippen molar-refractivity contribution in [1.29, 1.82) is 0 Å². The number of halogens is 1. The van der Waals surface area contributed by atoms with E-state index in [2.05, 4.69) is 26.1 Å². The summed E-state index contributed by atoms with van der Waals surface area (Å²) in [6.45, 7) is 1.83. The second-order valence-corrected chi connectivity index (χ2v) is 7.05. The summed E-state index contributed by atoms with van der Waals surface area (Å²) in [7, 11) is 0. The van der Waals surface area contributed by atoms with Gasteiger partial charge in [0, 0.05) is 28.9 Å². The van der Waals surface area contributed by atoms with Crippen LogP contribution in [0.15, 0.2) is 53.0 Å². The van der Waals surface area contributed by atoms with E-state index in [1.165, 1.54) is 24.9 Å². The maximum Gasteiger partial charge on any atom is 0.339 e. The molecule has 1 fully saturated rings. The highest BCUT2D eigenvalue weighted by Crippen LogP contribution is 2.22. The van der Waals surface area contributed by atoms with E-state index in [4.69, 9.17) is 4.74 Å². The van der Waals surface area contributed by atoms with Crippen LogP contribution < -0.4 is 10.2 Å². The maximum absolute atomic E-state index is 12.0. The highest BCUT2D eigenvalue weighted by Gasteiger charge is 2.14. The van der Waals surface area contributed by atoms with E-state index in [1.54, 1.807) is 24.3 Å². The number of piperidine rings is 1. The molecule has 1 amide bonds. The lowest BCUT2D eigenvalue weighted by Gasteiger charge is -2.28. The van der Waals surface area contributed by atoms with Gasteiger partial charge in [-0.15, -0.1) is 0 Å². The van der Waals surface area contributed by atoms with Crippen molar-refractivity contribution in [2.75, 3.05) is 29.9 Å². The Labute approximate surface area is 161 Å². The molecule has 5 nitrogen and oxygen atoms in total. The van der Waals surface area contributed by atoms with Gasteiger partial charge in [-0.05, 0) is 71.6 Å². The molecule has 2 aromatic carbocycles. The predicted molar refractivity (Wildman–Crippen MR) is 106 cm³/mol. The Bertz CT molecular complexity index is 771. The number of nitrogens with zero attached hydrogens (tertiary/aromatic N) is 1. The summed E-state index contributed by atoms with van der Waals surface area (Å²) in [5.74, 6) is -0.899. The monoisotopic (exact) mass is 416 g/mol. The van der Waals surface area contributed by atoms with Crippen molar-refractivity contribution in [2.45, 2.75) is 19.3 Å². The molecule has 1 aliphatic rings. The van der Waals surface area contributed by atoms with Crippen LogP contribution in [0.5, 0.6) is 0 Å². The Hall–Kier alpha value is -2.34. The molecule has 136 valence electrons. The zero-order chi connectivity index (χ0) is 18.4. The number of hydrogen-bond acceptors (Lipinski definition) is 4.